The normalized spacial score (nSPS) is 21.4. The number of hydrogen-bond acceptors (Lipinski definition) is 7. The summed E-state index contributed by atoms with van der Waals surface area (Å²) >= 11 is 0. The third kappa shape index (κ3) is 6.04. The number of pyridine rings is 2. The first kappa shape index (κ1) is 23.2. The lowest BCUT2D eigenvalue weighted by atomic mass is 9.80. The number of hydrogen-bond donors (Lipinski definition) is 3. The Balaban J connectivity index is 1.64. The molecule has 0 aromatic carbocycles. The van der Waals surface area contributed by atoms with Gasteiger partial charge in [-0.15, -0.1) is 0 Å². The maximum atomic E-state index is 12.0. The van der Waals surface area contributed by atoms with Crippen molar-refractivity contribution in [1.29, 1.82) is 0 Å². The topological polar surface area (TPSA) is 114 Å². The highest BCUT2D eigenvalue weighted by atomic mass is 16.6. The van der Waals surface area contributed by atoms with E-state index in [1.165, 1.54) is 0 Å². The van der Waals surface area contributed by atoms with Crippen molar-refractivity contribution < 1.29 is 24.5 Å². The number of carbonyl (C=O) groups excluding carboxylic acids is 1. The number of aliphatic hydroxyl groups is 2. The maximum absolute atomic E-state index is 12.0. The molecule has 2 unspecified atom stereocenters. The molecule has 1 saturated carbocycles. The Morgan fingerprint density at radius 1 is 1.19 bits per heavy atom. The van der Waals surface area contributed by atoms with E-state index in [1.54, 1.807) is 24.4 Å². The van der Waals surface area contributed by atoms with Crippen molar-refractivity contribution in [3.8, 4) is 5.88 Å². The van der Waals surface area contributed by atoms with Gasteiger partial charge in [-0.2, -0.15) is 0 Å². The molecular weight excluding hydrogens is 398 g/mol. The van der Waals surface area contributed by atoms with Crippen LogP contribution in [0.4, 0.5) is 4.79 Å². The average Bonchev–Trinajstić information content (AvgIpc) is 2.71. The van der Waals surface area contributed by atoms with E-state index in [2.05, 4.69) is 15.3 Å². The van der Waals surface area contributed by atoms with E-state index in [4.69, 9.17) is 9.47 Å². The van der Waals surface area contributed by atoms with E-state index < -0.39 is 23.9 Å². The summed E-state index contributed by atoms with van der Waals surface area (Å²) in [5.74, 6) is 0.379. The van der Waals surface area contributed by atoms with Gasteiger partial charge >= 0.3 is 6.09 Å². The van der Waals surface area contributed by atoms with Crippen molar-refractivity contribution in [2.75, 3.05) is 6.61 Å². The summed E-state index contributed by atoms with van der Waals surface area (Å²) in [6, 6.07) is 5.23. The molecule has 0 radical (unpaired) electrons. The summed E-state index contributed by atoms with van der Waals surface area (Å²) in [7, 11) is 0. The SMILES string of the molecule is CCOc1ccc2nccc(C(O)C(O)C3CCC(NC(=O)OC(C)(C)C)CC3)c2n1. The molecule has 0 aliphatic heterocycles. The number of fused-ring (bicyclic) bond motifs is 1. The molecule has 1 fully saturated rings. The van der Waals surface area contributed by atoms with Gasteiger partial charge in [0.2, 0.25) is 5.88 Å². The van der Waals surface area contributed by atoms with Crippen LogP contribution in [0.3, 0.4) is 0 Å². The second kappa shape index (κ2) is 9.78. The highest BCUT2D eigenvalue weighted by Crippen LogP contribution is 2.34. The van der Waals surface area contributed by atoms with Crippen molar-refractivity contribution in [1.82, 2.24) is 15.3 Å². The van der Waals surface area contributed by atoms with Crippen molar-refractivity contribution in [2.45, 2.75) is 77.2 Å². The Hall–Kier alpha value is -2.45. The Morgan fingerprint density at radius 3 is 2.55 bits per heavy atom. The first-order valence-corrected chi connectivity index (χ1v) is 10.9. The third-order valence-corrected chi connectivity index (χ3v) is 5.50. The zero-order chi connectivity index (χ0) is 22.6. The predicted molar refractivity (Wildman–Crippen MR) is 117 cm³/mol. The van der Waals surface area contributed by atoms with Crippen molar-refractivity contribution >= 4 is 17.1 Å². The summed E-state index contributed by atoms with van der Waals surface area (Å²) in [6.45, 7) is 7.85. The molecule has 2 atom stereocenters. The van der Waals surface area contributed by atoms with Crippen LogP contribution in [-0.4, -0.2) is 50.6 Å². The van der Waals surface area contributed by atoms with Gasteiger partial charge in [0.1, 0.15) is 11.7 Å². The van der Waals surface area contributed by atoms with Gasteiger partial charge in [0.05, 0.1) is 23.7 Å². The quantitative estimate of drug-likeness (QED) is 0.641. The maximum Gasteiger partial charge on any atom is 0.407 e. The van der Waals surface area contributed by atoms with Gasteiger partial charge in [-0.25, -0.2) is 9.78 Å². The van der Waals surface area contributed by atoms with E-state index in [-0.39, 0.29) is 12.0 Å². The molecule has 3 rings (SSSR count). The number of ether oxygens (including phenoxy) is 2. The minimum atomic E-state index is -1.09. The van der Waals surface area contributed by atoms with Crippen LogP contribution in [0, 0.1) is 5.92 Å². The molecule has 8 nitrogen and oxygen atoms in total. The number of nitrogens with zero attached hydrogens (tertiary/aromatic N) is 2. The Bertz CT molecular complexity index is 890. The zero-order valence-corrected chi connectivity index (χ0v) is 18.7. The van der Waals surface area contributed by atoms with Crippen molar-refractivity contribution in [3.63, 3.8) is 0 Å². The molecule has 3 N–H and O–H groups in total. The van der Waals surface area contributed by atoms with Crippen LogP contribution in [0.15, 0.2) is 24.4 Å². The van der Waals surface area contributed by atoms with Crippen LogP contribution in [0.2, 0.25) is 0 Å². The Labute approximate surface area is 183 Å². The van der Waals surface area contributed by atoms with Crippen LogP contribution >= 0.6 is 0 Å². The van der Waals surface area contributed by atoms with E-state index in [1.807, 2.05) is 27.7 Å². The summed E-state index contributed by atoms with van der Waals surface area (Å²) < 4.78 is 10.8. The molecule has 2 aromatic rings. The van der Waals surface area contributed by atoms with E-state index in [0.717, 1.165) is 12.8 Å². The van der Waals surface area contributed by atoms with E-state index in [0.29, 0.717) is 41.9 Å². The van der Waals surface area contributed by atoms with E-state index >= 15 is 0 Å². The smallest absolute Gasteiger partial charge is 0.407 e. The molecule has 2 aromatic heterocycles. The first-order chi connectivity index (χ1) is 14.7. The summed E-state index contributed by atoms with van der Waals surface area (Å²) in [5.41, 5.74) is 1.16. The largest absolute Gasteiger partial charge is 0.478 e. The number of aliphatic hydroxyl groups excluding tert-OH is 2. The standard InChI is InChI=1S/C23H33N3O5/c1-5-30-18-11-10-17-19(26-18)16(12-13-24-17)21(28)20(27)14-6-8-15(9-7-14)25-22(29)31-23(2,3)4/h10-15,20-21,27-28H,5-9H2,1-4H3,(H,25,29). The number of amides is 1. The van der Waals surface area contributed by atoms with Gasteiger partial charge in [-0.05, 0) is 71.4 Å². The van der Waals surface area contributed by atoms with Gasteiger partial charge in [0, 0.05) is 23.9 Å². The molecule has 1 amide bonds. The minimum absolute atomic E-state index is 0.00705. The fourth-order valence-corrected chi connectivity index (χ4v) is 4.02. The fourth-order valence-electron chi connectivity index (χ4n) is 4.02. The minimum Gasteiger partial charge on any atom is -0.478 e. The fraction of sp³-hybridized carbons (Fsp3) is 0.609. The molecule has 1 aliphatic rings. The second-order valence-electron chi connectivity index (χ2n) is 9.04. The Morgan fingerprint density at radius 2 is 1.90 bits per heavy atom. The molecule has 170 valence electrons. The number of aromatic nitrogens is 2. The van der Waals surface area contributed by atoms with Crippen molar-refractivity contribution in [2.24, 2.45) is 5.92 Å². The highest BCUT2D eigenvalue weighted by Gasteiger charge is 2.33. The molecule has 0 bridgehead atoms. The molecule has 2 heterocycles. The van der Waals surface area contributed by atoms with Crippen LogP contribution in [0.5, 0.6) is 5.88 Å². The number of alkyl carbamates (subject to hydrolysis) is 1. The summed E-state index contributed by atoms with van der Waals surface area (Å²) in [4.78, 5) is 20.8. The molecular formula is C23H33N3O5. The lowest BCUT2D eigenvalue weighted by Crippen LogP contribution is -2.42. The van der Waals surface area contributed by atoms with Crippen LogP contribution in [-0.2, 0) is 4.74 Å². The molecule has 31 heavy (non-hydrogen) atoms. The van der Waals surface area contributed by atoms with Crippen LogP contribution in [0.25, 0.3) is 11.0 Å². The lowest BCUT2D eigenvalue weighted by molar-refractivity contribution is -0.0304. The van der Waals surface area contributed by atoms with Gasteiger partial charge in [0.25, 0.3) is 0 Å². The average molecular weight is 432 g/mol. The highest BCUT2D eigenvalue weighted by molar-refractivity contribution is 5.78. The molecule has 0 saturated heterocycles. The lowest BCUT2D eigenvalue weighted by Gasteiger charge is -2.34. The monoisotopic (exact) mass is 431 g/mol. The predicted octanol–water partition coefficient (Wildman–Crippen LogP) is 3.51. The first-order valence-electron chi connectivity index (χ1n) is 10.9. The van der Waals surface area contributed by atoms with Crippen LogP contribution < -0.4 is 10.1 Å². The van der Waals surface area contributed by atoms with Crippen molar-refractivity contribution in [3.05, 3.63) is 30.0 Å². The number of nitrogens with one attached hydrogen (secondary N) is 1. The number of carbonyl (C=O) groups is 1. The second-order valence-corrected chi connectivity index (χ2v) is 9.04. The summed E-state index contributed by atoms with van der Waals surface area (Å²) in [5, 5.41) is 24.8. The third-order valence-electron chi connectivity index (χ3n) is 5.50. The molecule has 0 spiro atoms. The summed E-state index contributed by atoms with van der Waals surface area (Å²) in [6.07, 6.45) is 1.99. The van der Waals surface area contributed by atoms with Gasteiger partial charge in [-0.1, -0.05) is 0 Å². The zero-order valence-electron chi connectivity index (χ0n) is 18.7. The van der Waals surface area contributed by atoms with Crippen LogP contribution in [0.1, 0.15) is 65.0 Å². The number of rotatable bonds is 6. The van der Waals surface area contributed by atoms with Gasteiger partial charge < -0.3 is 25.0 Å². The Kier molecular flexibility index (Phi) is 7.33. The molecule has 8 heteroatoms. The molecule has 1 aliphatic carbocycles. The van der Waals surface area contributed by atoms with Gasteiger partial charge in [0.15, 0.2) is 0 Å². The van der Waals surface area contributed by atoms with E-state index in [9.17, 15) is 15.0 Å². The van der Waals surface area contributed by atoms with Gasteiger partial charge in [-0.3, -0.25) is 4.98 Å².